The zero-order valence-corrected chi connectivity index (χ0v) is 12.5. The van der Waals surface area contributed by atoms with Gasteiger partial charge in [-0.1, -0.05) is 0 Å². The fourth-order valence-electron chi connectivity index (χ4n) is 2.32. The minimum absolute atomic E-state index is 1.03. The maximum Gasteiger partial charge on any atom is 0.397 e. The molecule has 7 N–H and O–H groups in total. The van der Waals surface area contributed by atoms with E-state index in [9.17, 15) is 43.2 Å². The van der Waals surface area contributed by atoms with Gasteiger partial charge in [-0.05, 0) is 0 Å². The summed E-state index contributed by atoms with van der Waals surface area (Å²) < 4.78 is 41.4. The minimum atomic E-state index is -4.87. The van der Waals surface area contributed by atoms with Gasteiger partial charge in [-0.3, -0.25) is 4.79 Å². The molecule has 0 saturated carbocycles. The number of alkyl halides is 3. The Kier molecular flexibility index (Phi) is 6.72. The third-order valence-corrected chi connectivity index (χ3v) is 3.53. The second-order valence-corrected chi connectivity index (χ2v) is 5.57. The van der Waals surface area contributed by atoms with E-state index in [2.05, 4.69) is 0 Å². The number of rotatable bonds is 6. The molecule has 25 heavy (non-hydrogen) atoms. The number of hydrogen-bond donors (Lipinski definition) is 7. The standard InChI is InChI=1S/C12H18F3NO9/c13-12(14,15)2-6(20)16-7-4(18)1-11(24,10(22)23)25-9(7)8(21)5(19)3-17/h4-5,7-9,17-19,21,24H,1-3H2,(H,16,20)(H,22,23)/t4-,5+,7+,8+,9+,11?/m0/s1. The quantitative estimate of drug-likeness (QED) is 0.255. The van der Waals surface area contributed by atoms with E-state index in [0.29, 0.717) is 0 Å². The van der Waals surface area contributed by atoms with E-state index in [4.69, 9.17) is 14.9 Å². The van der Waals surface area contributed by atoms with Crippen molar-refractivity contribution in [3.8, 4) is 0 Å². The number of carbonyl (C=O) groups excluding carboxylic acids is 1. The highest BCUT2D eigenvalue weighted by atomic mass is 19.4. The van der Waals surface area contributed by atoms with Crippen LogP contribution in [0, 0.1) is 0 Å². The Labute approximate surface area is 138 Å². The van der Waals surface area contributed by atoms with Gasteiger partial charge in [0.15, 0.2) is 0 Å². The lowest BCUT2D eigenvalue weighted by atomic mass is 9.88. The summed E-state index contributed by atoms with van der Waals surface area (Å²) in [6, 6.07) is -1.79. The van der Waals surface area contributed by atoms with Crippen LogP contribution in [-0.4, -0.2) is 91.5 Å². The average Bonchev–Trinajstić information content (AvgIpc) is 2.46. The van der Waals surface area contributed by atoms with Crippen LogP contribution >= 0.6 is 0 Å². The monoisotopic (exact) mass is 377 g/mol. The molecule has 1 aliphatic rings. The Bertz CT molecular complexity index is 503. The van der Waals surface area contributed by atoms with Gasteiger partial charge in [0.05, 0.1) is 18.8 Å². The zero-order chi connectivity index (χ0) is 19.6. The van der Waals surface area contributed by atoms with Gasteiger partial charge in [0.2, 0.25) is 5.91 Å². The van der Waals surface area contributed by atoms with Crippen LogP contribution in [0.15, 0.2) is 0 Å². The smallest absolute Gasteiger partial charge is 0.397 e. The molecule has 0 aliphatic carbocycles. The van der Waals surface area contributed by atoms with E-state index in [1.807, 2.05) is 0 Å². The van der Waals surface area contributed by atoms with Crippen molar-refractivity contribution in [2.45, 2.75) is 55.3 Å². The van der Waals surface area contributed by atoms with Crippen LogP contribution in [0.2, 0.25) is 0 Å². The van der Waals surface area contributed by atoms with Crippen LogP contribution in [-0.2, 0) is 14.3 Å². The number of aliphatic hydroxyl groups excluding tert-OH is 4. The summed E-state index contributed by atoms with van der Waals surface area (Å²) in [6.07, 6.45) is -15.9. The number of hydrogen-bond acceptors (Lipinski definition) is 8. The van der Waals surface area contributed by atoms with Gasteiger partial charge in [0, 0.05) is 6.42 Å². The Morgan fingerprint density at radius 1 is 1.32 bits per heavy atom. The van der Waals surface area contributed by atoms with E-state index >= 15 is 0 Å². The highest BCUT2D eigenvalue weighted by Crippen LogP contribution is 2.31. The number of aliphatic carboxylic acids is 1. The van der Waals surface area contributed by atoms with Crippen molar-refractivity contribution in [3.63, 3.8) is 0 Å². The van der Waals surface area contributed by atoms with Crippen molar-refractivity contribution >= 4 is 11.9 Å². The van der Waals surface area contributed by atoms with Crippen LogP contribution in [0.3, 0.4) is 0 Å². The van der Waals surface area contributed by atoms with Gasteiger partial charge in [0.25, 0.3) is 5.79 Å². The van der Waals surface area contributed by atoms with Gasteiger partial charge < -0.3 is 40.7 Å². The largest absolute Gasteiger partial charge is 0.477 e. The van der Waals surface area contributed by atoms with Crippen LogP contribution in [0.4, 0.5) is 13.2 Å². The predicted octanol–water partition coefficient (Wildman–Crippen LogP) is -2.94. The summed E-state index contributed by atoms with van der Waals surface area (Å²) >= 11 is 0. The third-order valence-electron chi connectivity index (χ3n) is 3.53. The molecule has 1 heterocycles. The van der Waals surface area contributed by atoms with Gasteiger partial charge in [-0.2, -0.15) is 13.2 Å². The molecule has 0 radical (unpaired) electrons. The summed E-state index contributed by atoms with van der Waals surface area (Å²) in [5.41, 5.74) is 0. The molecule has 1 fully saturated rings. The molecule has 1 aliphatic heterocycles. The van der Waals surface area contributed by atoms with Crippen LogP contribution in [0.25, 0.3) is 0 Å². The number of carboxylic acid groups (broad SMARTS) is 1. The Morgan fingerprint density at radius 2 is 1.88 bits per heavy atom. The lowest BCUT2D eigenvalue weighted by molar-refractivity contribution is -0.295. The first-order valence-corrected chi connectivity index (χ1v) is 6.95. The molecule has 0 aromatic rings. The molecule has 1 saturated heterocycles. The van der Waals surface area contributed by atoms with Crippen molar-refractivity contribution < 1.29 is 58.1 Å². The highest BCUT2D eigenvalue weighted by Gasteiger charge is 2.54. The average molecular weight is 377 g/mol. The number of amides is 1. The lowest BCUT2D eigenvalue weighted by Gasteiger charge is -2.44. The zero-order valence-electron chi connectivity index (χ0n) is 12.5. The molecular weight excluding hydrogens is 359 g/mol. The van der Waals surface area contributed by atoms with Crippen molar-refractivity contribution in [2.24, 2.45) is 0 Å². The second kappa shape index (κ2) is 7.80. The molecule has 1 unspecified atom stereocenters. The summed E-state index contributed by atoms with van der Waals surface area (Å²) in [4.78, 5) is 22.4. The maximum atomic E-state index is 12.2. The van der Waals surface area contributed by atoms with Crippen molar-refractivity contribution in [3.05, 3.63) is 0 Å². The number of carbonyl (C=O) groups is 2. The highest BCUT2D eigenvalue weighted by molar-refractivity contribution is 5.78. The van der Waals surface area contributed by atoms with Gasteiger partial charge >= 0.3 is 12.1 Å². The molecule has 1 amide bonds. The molecule has 13 heteroatoms. The topological polar surface area (TPSA) is 177 Å². The van der Waals surface area contributed by atoms with Crippen molar-refractivity contribution in [1.29, 1.82) is 0 Å². The molecule has 6 atom stereocenters. The third kappa shape index (κ3) is 5.49. The summed E-state index contributed by atoms with van der Waals surface area (Å²) in [5, 5.41) is 58.5. The first-order valence-electron chi connectivity index (χ1n) is 6.95. The molecule has 0 aromatic heterocycles. The molecule has 1 rings (SSSR count). The Morgan fingerprint density at radius 3 is 2.32 bits per heavy atom. The fourth-order valence-corrected chi connectivity index (χ4v) is 2.32. The van der Waals surface area contributed by atoms with Gasteiger partial charge in [0.1, 0.15) is 24.7 Å². The van der Waals surface area contributed by atoms with Gasteiger partial charge in [-0.25, -0.2) is 4.79 Å². The molecule has 0 bridgehead atoms. The second-order valence-electron chi connectivity index (χ2n) is 5.57. The minimum Gasteiger partial charge on any atom is -0.477 e. The Hall–Kier alpha value is -1.51. The van der Waals surface area contributed by atoms with E-state index in [0.717, 1.165) is 0 Å². The summed E-state index contributed by atoms with van der Waals surface area (Å²) in [5.74, 6) is -6.61. The van der Waals surface area contributed by atoms with E-state index in [-0.39, 0.29) is 0 Å². The van der Waals surface area contributed by atoms with Crippen molar-refractivity contribution in [1.82, 2.24) is 5.32 Å². The predicted molar refractivity (Wildman–Crippen MR) is 69.8 cm³/mol. The molecule has 10 nitrogen and oxygen atoms in total. The van der Waals surface area contributed by atoms with Gasteiger partial charge in [-0.15, -0.1) is 0 Å². The molecular formula is C12H18F3NO9. The number of ether oxygens (including phenoxy) is 1. The summed E-state index contributed by atoms with van der Waals surface area (Å²) in [7, 11) is 0. The van der Waals surface area contributed by atoms with Crippen molar-refractivity contribution in [2.75, 3.05) is 6.61 Å². The normalized spacial score (nSPS) is 32.7. The number of aliphatic hydroxyl groups is 5. The fraction of sp³-hybridized carbons (Fsp3) is 0.833. The Balaban J connectivity index is 3.06. The van der Waals surface area contributed by atoms with E-state index in [1.54, 1.807) is 5.32 Å². The summed E-state index contributed by atoms with van der Waals surface area (Å²) in [6.45, 7) is -1.05. The van der Waals surface area contributed by atoms with E-state index < -0.39 is 73.7 Å². The van der Waals surface area contributed by atoms with E-state index in [1.165, 1.54) is 0 Å². The SMILES string of the molecule is O=C(CC(F)(F)F)N[C@H]1[C@H]([C@H](O)[C@H](O)CO)OC(O)(C(=O)O)C[C@@H]1O. The lowest BCUT2D eigenvalue weighted by Crippen LogP contribution is -2.67. The number of halogens is 3. The van der Waals surface area contributed by atoms with Crippen LogP contribution in [0.1, 0.15) is 12.8 Å². The first-order chi connectivity index (χ1) is 11.3. The maximum absolute atomic E-state index is 12.2. The number of carboxylic acids is 1. The van der Waals surface area contributed by atoms with Crippen LogP contribution < -0.4 is 5.32 Å². The molecule has 146 valence electrons. The molecule has 0 spiro atoms. The molecule has 0 aromatic carbocycles. The first kappa shape index (κ1) is 21.5. The van der Waals surface area contributed by atoms with Crippen LogP contribution in [0.5, 0.6) is 0 Å². The number of nitrogens with one attached hydrogen (secondary N) is 1.